The van der Waals surface area contributed by atoms with Gasteiger partial charge in [-0.3, -0.25) is 4.79 Å². The highest BCUT2D eigenvalue weighted by Gasteiger charge is 2.17. The molecule has 0 saturated carbocycles. The van der Waals surface area contributed by atoms with Crippen molar-refractivity contribution in [2.24, 2.45) is 0 Å². The Morgan fingerprint density at radius 1 is 1.11 bits per heavy atom. The second-order valence-electron chi connectivity index (χ2n) is 6.39. The van der Waals surface area contributed by atoms with Gasteiger partial charge in [0.1, 0.15) is 11.5 Å². The zero-order valence-electron chi connectivity index (χ0n) is 16.1. The summed E-state index contributed by atoms with van der Waals surface area (Å²) in [6.45, 7) is 3.58. The predicted octanol–water partition coefficient (Wildman–Crippen LogP) is 3.07. The summed E-state index contributed by atoms with van der Waals surface area (Å²) in [7, 11) is 2.98. The maximum absolute atomic E-state index is 12.4. The minimum absolute atomic E-state index is 0.153. The summed E-state index contributed by atoms with van der Waals surface area (Å²) in [5, 5.41) is 4.99. The number of hydrogen-bond acceptors (Lipinski definition) is 7. The Kier molecular flexibility index (Phi) is 5.58. The fraction of sp³-hybridized carbons (Fsp3) is 0.300. The summed E-state index contributed by atoms with van der Waals surface area (Å²) in [6, 6.07) is 6.61. The van der Waals surface area contributed by atoms with Crippen LogP contribution in [0.4, 0.5) is 0 Å². The first-order valence-corrected chi connectivity index (χ1v) is 8.70. The van der Waals surface area contributed by atoms with Crippen molar-refractivity contribution in [1.29, 1.82) is 0 Å². The molecule has 0 saturated heterocycles. The first-order chi connectivity index (χ1) is 13.4. The molecular weight excluding hydrogens is 362 g/mol. The van der Waals surface area contributed by atoms with Crippen LogP contribution in [0.1, 0.15) is 40.6 Å². The third kappa shape index (κ3) is 3.80. The molecule has 0 amide bonds. The highest BCUT2D eigenvalue weighted by Crippen LogP contribution is 2.25. The molecule has 0 aliphatic heterocycles. The lowest BCUT2D eigenvalue weighted by Crippen LogP contribution is -2.15. The number of carbonyl (C=O) groups is 2. The summed E-state index contributed by atoms with van der Waals surface area (Å²) < 4.78 is 17.2. The van der Waals surface area contributed by atoms with Crippen LogP contribution >= 0.6 is 0 Å². The molecular formula is C20H21N3O5. The number of methoxy groups -OCH3 is 2. The van der Waals surface area contributed by atoms with Crippen LogP contribution in [0.3, 0.4) is 0 Å². The Hall–Kier alpha value is -3.42. The number of pyridine rings is 1. The van der Waals surface area contributed by atoms with E-state index in [0.29, 0.717) is 22.7 Å². The van der Waals surface area contributed by atoms with E-state index in [1.807, 2.05) is 13.8 Å². The minimum atomic E-state index is -0.632. The van der Waals surface area contributed by atoms with Crippen LogP contribution in [-0.2, 0) is 4.74 Å². The van der Waals surface area contributed by atoms with E-state index >= 15 is 0 Å². The van der Waals surface area contributed by atoms with E-state index < -0.39 is 12.6 Å². The second-order valence-corrected chi connectivity index (χ2v) is 6.39. The van der Waals surface area contributed by atoms with Crippen molar-refractivity contribution >= 4 is 22.8 Å². The molecule has 0 atom stereocenters. The highest BCUT2D eigenvalue weighted by atomic mass is 16.5. The Balaban J connectivity index is 1.72. The van der Waals surface area contributed by atoms with Crippen molar-refractivity contribution in [3.05, 3.63) is 47.8 Å². The maximum Gasteiger partial charge on any atom is 0.340 e. The van der Waals surface area contributed by atoms with Gasteiger partial charge < -0.3 is 14.2 Å². The van der Waals surface area contributed by atoms with E-state index in [9.17, 15) is 9.59 Å². The number of nitrogens with zero attached hydrogens (tertiary/aromatic N) is 3. The molecule has 0 aliphatic rings. The zero-order valence-corrected chi connectivity index (χ0v) is 16.1. The van der Waals surface area contributed by atoms with Gasteiger partial charge in [-0.05, 0) is 32.0 Å². The van der Waals surface area contributed by atoms with E-state index in [2.05, 4.69) is 10.1 Å². The van der Waals surface area contributed by atoms with Crippen LogP contribution < -0.4 is 9.47 Å². The third-order valence-corrected chi connectivity index (χ3v) is 4.20. The van der Waals surface area contributed by atoms with Gasteiger partial charge in [-0.15, -0.1) is 0 Å². The smallest absolute Gasteiger partial charge is 0.340 e. The second kappa shape index (κ2) is 8.08. The number of carbonyl (C=O) groups excluding carboxylic acids is 2. The van der Waals surface area contributed by atoms with Gasteiger partial charge in [0.05, 0.1) is 31.5 Å². The van der Waals surface area contributed by atoms with Gasteiger partial charge in [0.25, 0.3) is 0 Å². The lowest BCUT2D eigenvalue weighted by Gasteiger charge is -2.10. The van der Waals surface area contributed by atoms with E-state index in [0.717, 1.165) is 5.39 Å². The molecule has 3 rings (SSSR count). The largest absolute Gasteiger partial charge is 0.497 e. The molecule has 0 bridgehead atoms. The molecule has 0 unspecified atom stereocenters. The van der Waals surface area contributed by atoms with E-state index in [-0.39, 0.29) is 17.4 Å². The Morgan fingerprint density at radius 2 is 1.89 bits per heavy atom. The number of esters is 1. The number of benzene rings is 1. The molecule has 0 fully saturated rings. The monoisotopic (exact) mass is 383 g/mol. The lowest BCUT2D eigenvalue weighted by molar-refractivity contribution is 0.0473. The number of hydrogen-bond donors (Lipinski definition) is 0. The van der Waals surface area contributed by atoms with Crippen molar-refractivity contribution in [3.8, 4) is 11.5 Å². The summed E-state index contributed by atoms with van der Waals surface area (Å²) >= 11 is 0. The molecule has 8 nitrogen and oxygen atoms in total. The van der Waals surface area contributed by atoms with Gasteiger partial charge in [0.2, 0.25) is 5.78 Å². The summed E-state index contributed by atoms with van der Waals surface area (Å²) in [4.78, 5) is 29.0. The van der Waals surface area contributed by atoms with Crippen LogP contribution in [0.15, 0.2) is 36.7 Å². The number of aromatic nitrogens is 3. The molecule has 0 spiro atoms. The van der Waals surface area contributed by atoms with Crippen LogP contribution in [0.2, 0.25) is 0 Å². The Labute approximate surface area is 162 Å². The van der Waals surface area contributed by atoms with E-state index in [4.69, 9.17) is 14.2 Å². The average Bonchev–Trinajstić information content (AvgIpc) is 3.14. The molecule has 0 radical (unpaired) electrons. The lowest BCUT2D eigenvalue weighted by atomic mass is 10.1. The molecule has 2 heterocycles. The summed E-state index contributed by atoms with van der Waals surface area (Å²) in [5.41, 5.74) is 1.25. The van der Waals surface area contributed by atoms with E-state index in [1.165, 1.54) is 20.4 Å². The van der Waals surface area contributed by atoms with Crippen molar-refractivity contribution in [2.45, 2.75) is 19.9 Å². The highest BCUT2D eigenvalue weighted by molar-refractivity contribution is 6.01. The molecule has 1 aromatic carbocycles. The van der Waals surface area contributed by atoms with Gasteiger partial charge in [0.15, 0.2) is 12.3 Å². The Bertz CT molecular complexity index is 1030. The molecule has 3 aromatic rings. The first-order valence-electron chi connectivity index (χ1n) is 8.70. The van der Waals surface area contributed by atoms with Crippen LogP contribution in [-0.4, -0.2) is 47.3 Å². The third-order valence-electron chi connectivity index (χ3n) is 4.20. The number of rotatable bonds is 7. The summed E-state index contributed by atoms with van der Waals surface area (Å²) in [5.74, 6) is -0.0988. The van der Waals surface area contributed by atoms with Crippen LogP contribution in [0, 0.1) is 0 Å². The van der Waals surface area contributed by atoms with Crippen molar-refractivity contribution in [3.63, 3.8) is 0 Å². The standard InChI is InChI=1S/C20H21N3O5/c1-12(2)23-19-13(10-22-23)7-14(9-21-19)20(25)28-11-17(24)16-6-5-15(26-3)8-18(16)27-4/h5-10,12H,11H2,1-4H3. The molecule has 2 aromatic heterocycles. The fourth-order valence-corrected chi connectivity index (χ4v) is 2.75. The van der Waals surface area contributed by atoms with Crippen LogP contribution in [0.5, 0.6) is 11.5 Å². The summed E-state index contributed by atoms with van der Waals surface area (Å²) in [6.07, 6.45) is 3.07. The topological polar surface area (TPSA) is 92.5 Å². The molecule has 0 aliphatic carbocycles. The Morgan fingerprint density at radius 3 is 2.57 bits per heavy atom. The zero-order chi connectivity index (χ0) is 20.3. The minimum Gasteiger partial charge on any atom is -0.497 e. The number of ketones is 1. The van der Waals surface area contributed by atoms with Crippen molar-refractivity contribution in [1.82, 2.24) is 14.8 Å². The van der Waals surface area contributed by atoms with Gasteiger partial charge in [-0.25, -0.2) is 14.5 Å². The van der Waals surface area contributed by atoms with Gasteiger partial charge >= 0.3 is 5.97 Å². The number of Topliss-reactive ketones (excluding diaryl/α,β-unsaturated/α-hetero) is 1. The number of ether oxygens (including phenoxy) is 3. The fourth-order valence-electron chi connectivity index (χ4n) is 2.75. The number of fused-ring (bicyclic) bond motifs is 1. The molecule has 146 valence electrons. The first kappa shape index (κ1) is 19.3. The van der Waals surface area contributed by atoms with Gasteiger partial charge in [-0.1, -0.05) is 0 Å². The normalized spacial score (nSPS) is 10.9. The van der Waals surface area contributed by atoms with E-state index in [1.54, 1.807) is 35.1 Å². The van der Waals surface area contributed by atoms with Crippen molar-refractivity contribution < 1.29 is 23.8 Å². The molecule has 0 N–H and O–H groups in total. The molecule has 28 heavy (non-hydrogen) atoms. The van der Waals surface area contributed by atoms with Crippen molar-refractivity contribution in [2.75, 3.05) is 20.8 Å². The van der Waals surface area contributed by atoms with Gasteiger partial charge in [0, 0.05) is 23.7 Å². The van der Waals surface area contributed by atoms with Crippen LogP contribution in [0.25, 0.3) is 11.0 Å². The van der Waals surface area contributed by atoms with Gasteiger partial charge in [-0.2, -0.15) is 5.10 Å². The molecule has 8 heteroatoms. The SMILES string of the molecule is COc1ccc(C(=O)COC(=O)c2cnc3c(cnn3C(C)C)c2)c(OC)c1. The average molecular weight is 383 g/mol. The maximum atomic E-state index is 12.4. The predicted molar refractivity (Wildman–Crippen MR) is 102 cm³/mol. The quantitative estimate of drug-likeness (QED) is 0.457.